The number of fused-ring (bicyclic) bond motifs is 5. The van der Waals surface area contributed by atoms with Crippen molar-refractivity contribution in [3.63, 3.8) is 0 Å². The number of carbonyl (C=O) groups excluding carboxylic acids is 14. The number of ether oxygens (including phenoxy) is 1. The summed E-state index contributed by atoms with van der Waals surface area (Å²) in [6.07, 6.45) is -5.11. The van der Waals surface area contributed by atoms with Crippen LogP contribution in [-0.2, 0) is 80.2 Å². The van der Waals surface area contributed by atoms with Crippen LogP contribution >= 0.6 is 11.8 Å². The standard InChI is InChI=1S/C66H89N11O18S/c1-8-33(4)59-64(93)69-25-55(87)71-46-31-96-65-44(19-39(62(91)68-26-56(88)74-59)21-50(82)60(36(7)52(84)29-78)75-63(92)47-23-41(79)27-76(47)28-51(83)38(20-48(46)80)22-53(67)85)43-14-13-42(24-45(43)72-65)95-30-37-9-11-40(12-10-37)70-61(90)34(5)17-49(81)58(32(2)3)73-54(86)15-16-77-57(89)18-35(6)66(77)94/h9-14,24,32-36,38-39,41,46-47,52,58-60,72,78-79,84H,8,15-23,25-31H2,1-7H3,(H2,67,85)(H,68,91)(H,69,93)(H,70,90)(H,71,87)(H,73,86)(H,74,88)(H,75,92)/t33-,34+,35?,36-,38-,39+,41?,46-,47-,52-,58-,59-,60-/m0/s1. The maximum atomic E-state index is 15.0. The van der Waals surface area contributed by atoms with E-state index in [2.05, 4.69) is 42.2 Å². The van der Waals surface area contributed by atoms with E-state index in [-0.39, 0.29) is 81.1 Å². The fourth-order valence-corrected chi connectivity index (χ4v) is 13.3. The molecule has 13 N–H and O–H groups in total. The Morgan fingerprint density at radius 3 is 2.15 bits per heavy atom. The van der Waals surface area contributed by atoms with Crippen LogP contribution in [-0.4, -0.2) is 200 Å². The van der Waals surface area contributed by atoms with Crippen LogP contribution in [0.15, 0.2) is 47.5 Å². The number of nitrogens with zero attached hydrogens (tertiary/aromatic N) is 2. The molecule has 96 heavy (non-hydrogen) atoms. The van der Waals surface area contributed by atoms with E-state index < -0.39 is 188 Å². The number of aromatic amines is 1. The molecule has 7 rings (SSSR count). The normalized spacial score (nSPS) is 24.8. The van der Waals surface area contributed by atoms with Crippen molar-refractivity contribution in [2.24, 2.45) is 47.2 Å². The number of carbonyl (C=O) groups is 14. The molecule has 10 amide bonds. The number of hydrogen-bond acceptors (Lipinski definition) is 20. The van der Waals surface area contributed by atoms with E-state index in [0.717, 1.165) is 16.7 Å². The molecular formula is C66H89N11O18S. The van der Waals surface area contributed by atoms with E-state index in [1.807, 2.05) is 0 Å². The Morgan fingerprint density at radius 2 is 1.50 bits per heavy atom. The van der Waals surface area contributed by atoms with Crippen molar-refractivity contribution in [1.82, 2.24) is 46.7 Å². The quantitative estimate of drug-likeness (QED) is 0.0642. The van der Waals surface area contributed by atoms with Crippen molar-refractivity contribution in [3.8, 4) is 5.75 Å². The largest absolute Gasteiger partial charge is 0.489 e. The molecule has 30 heteroatoms. The molecule has 2 saturated heterocycles. The number of hydrogen-bond donors (Lipinski definition) is 12. The van der Waals surface area contributed by atoms with Crippen molar-refractivity contribution < 1.29 is 87.2 Å². The Bertz CT molecular complexity index is 3450. The number of anilines is 1. The molecule has 5 heterocycles. The first kappa shape index (κ1) is 74.9. The summed E-state index contributed by atoms with van der Waals surface area (Å²) in [5.74, 6) is -15.3. The number of primary amides is 1. The Kier molecular flexibility index (Phi) is 26.5. The van der Waals surface area contributed by atoms with Crippen LogP contribution in [0.3, 0.4) is 0 Å². The Morgan fingerprint density at radius 1 is 0.812 bits per heavy atom. The van der Waals surface area contributed by atoms with E-state index in [0.29, 0.717) is 44.9 Å². The lowest BCUT2D eigenvalue weighted by atomic mass is 9.85. The fraction of sp³-hybridized carbons (Fsp3) is 0.576. The van der Waals surface area contributed by atoms with Gasteiger partial charge in [-0.25, -0.2) is 0 Å². The molecule has 0 aliphatic carbocycles. The molecule has 522 valence electrons. The molecule has 2 fully saturated rings. The molecule has 0 spiro atoms. The number of aliphatic hydroxyl groups excluding tert-OH is 3. The van der Waals surface area contributed by atoms with Crippen LogP contribution in [0.4, 0.5) is 5.69 Å². The number of thioether (sulfide) groups is 1. The van der Waals surface area contributed by atoms with Crippen LogP contribution < -0.4 is 47.7 Å². The highest BCUT2D eigenvalue weighted by Gasteiger charge is 2.43. The third-order valence-electron chi connectivity index (χ3n) is 18.2. The number of rotatable bonds is 20. The number of H-pyrrole nitrogens is 1. The van der Waals surface area contributed by atoms with Crippen molar-refractivity contribution >= 4 is 111 Å². The molecule has 4 aliphatic heterocycles. The second-order valence-electron chi connectivity index (χ2n) is 26.0. The van der Waals surface area contributed by atoms with Crippen molar-refractivity contribution in [1.29, 1.82) is 0 Å². The number of ketones is 4. The van der Waals surface area contributed by atoms with E-state index in [9.17, 15) is 82.4 Å². The summed E-state index contributed by atoms with van der Waals surface area (Å²) in [5, 5.41) is 51.4. The van der Waals surface area contributed by atoms with Crippen LogP contribution in [0, 0.1) is 41.4 Å². The molecule has 13 atom stereocenters. The summed E-state index contributed by atoms with van der Waals surface area (Å²) in [7, 11) is 0. The Hall–Kier alpha value is -8.45. The van der Waals surface area contributed by atoms with Gasteiger partial charge in [0.1, 0.15) is 18.4 Å². The van der Waals surface area contributed by atoms with Gasteiger partial charge in [-0.15, -0.1) is 11.8 Å². The van der Waals surface area contributed by atoms with E-state index >= 15 is 0 Å². The Labute approximate surface area is 559 Å². The minimum absolute atomic E-state index is 0.00554. The molecule has 3 aromatic rings. The second kappa shape index (κ2) is 34.0. The minimum Gasteiger partial charge on any atom is -0.489 e. The number of nitrogens with two attached hydrogens (primary N) is 1. The number of likely N-dealkylation sites (tertiary alicyclic amines) is 1. The monoisotopic (exact) mass is 1360 g/mol. The number of aromatic nitrogens is 1. The number of nitrogens with one attached hydrogen (secondary N) is 8. The van der Waals surface area contributed by atoms with Gasteiger partial charge in [0.25, 0.3) is 0 Å². The summed E-state index contributed by atoms with van der Waals surface area (Å²) < 4.78 is 6.26. The van der Waals surface area contributed by atoms with Crippen LogP contribution in [0.2, 0.25) is 0 Å². The summed E-state index contributed by atoms with van der Waals surface area (Å²) in [6, 6.07) is 5.23. The molecule has 4 aliphatic rings. The third-order valence-corrected chi connectivity index (χ3v) is 19.3. The number of imide groups is 1. The maximum absolute atomic E-state index is 15.0. The van der Waals surface area contributed by atoms with Gasteiger partial charge in [0.2, 0.25) is 59.1 Å². The van der Waals surface area contributed by atoms with Crippen LogP contribution in [0.1, 0.15) is 111 Å². The molecule has 29 nitrogen and oxygen atoms in total. The van der Waals surface area contributed by atoms with Gasteiger partial charge in [-0.2, -0.15) is 0 Å². The van der Waals surface area contributed by atoms with E-state index in [4.69, 9.17) is 10.5 Å². The second-order valence-corrected chi connectivity index (χ2v) is 27.0. The smallest absolute Gasteiger partial charge is 0.243 e. The maximum Gasteiger partial charge on any atom is 0.243 e. The lowest BCUT2D eigenvalue weighted by Gasteiger charge is -2.31. The topological polar surface area (TPSA) is 441 Å². The zero-order valence-electron chi connectivity index (χ0n) is 55.0. The fourth-order valence-electron chi connectivity index (χ4n) is 12.2. The van der Waals surface area contributed by atoms with Crippen molar-refractivity contribution in [2.45, 2.75) is 160 Å². The van der Waals surface area contributed by atoms with Gasteiger partial charge in [-0.05, 0) is 60.1 Å². The molecular weight excluding hydrogens is 1270 g/mol. The van der Waals surface area contributed by atoms with Crippen LogP contribution in [0.25, 0.3) is 10.9 Å². The Balaban J connectivity index is 1.17. The average Bonchev–Trinajstić information content (AvgIpc) is 1.64. The molecule has 2 unspecified atom stereocenters. The summed E-state index contributed by atoms with van der Waals surface area (Å²) >= 11 is 1.01. The first-order valence-electron chi connectivity index (χ1n) is 32.4. The first-order chi connectivity index (χ1) is 45.4. The highest BCUT2D eigenvalue weighted by Crippen LogP contribution is 2.36. The van der Waals surface area contributed by atoms with Gasteiger partial charge >= 0.3 is 0 Å². The lowest BCUT2D eigenvalue weighted by molar-refractivity contribution is -0.140. The number of aliphatic hydroxyl groups is 3. The summed E-state index contributed by atoms with van der Waals surface area (Å²) in [5.41, 5.74) is 7.55. The average molecular weight is 1360 g/mol. The zero-order chi connectivity index (χ0) is 70.4. The number of Topliss-reactive ketones (excluding diaryl/α,β-unsaturated/α-hetero) is 4. The van der Waals surface area contributed by atoms with Crippen molar-refractivity contribution in [3.05, 3.63) is 53.6 Å². The minimum atomic E-state index is -1.60. The molecule has 1 aromatic heterocycles. The number of benzene rings is 2. The van der Waals surface area contributed by atoms with Gasteiger partial charge in [0, 0.05) is 104 Å². The summed E-state index contributed by atoms with van der Waals surface area (Å²) in [6.45, 7) is 8.47. The summed E-state index contributed by atoms with van der Waals surface area (Å²) in [4.78, 5) is 197. The van der Waals surface area contributed by atoms with Gasteiger partial charge in [0.05, 0.1) is 73.2 Å². The van der Waals surface area contributed by atoms with Gasteiger partial charge < -0.3 is 68.0 Å². The molecule has 2 aromatic carbocycles. The van der Waals surface area contributed by atoms with E-state index in [1.165, 1.54) is 11.8 Å². The molecule has 0 saturated carbocycles. The number of amides is 10. The van der Waals surface area contributed by atoms with Gasteiger partial charge in [-0.1, -0.05) is 67.0 Å². The molecule has 0 radical (unpaired) electrons. The predicted molar refractivity (Wildman–Crippen MR) is 347 cm³/mol. The van der Waals surface area contributed by atoms with Crippen LogP contribution in [0.5, 0.6) is 5.75 Å². The zero-order valence-corrected chi connectivity index (χ0v) is 55.8. The third kappa shape index (κ3) is 19.8. The lowest BCUT2D eigenvalue weighted by Crippen LogP contribution is -2.55. The SMILES string of the molecule is CC[C@H](C)[C@@H]1NC(=O)CNC(=O)[C@H]2CC(=O)[C@H]([C@@H](C)[C@@H](O)CO)NC(=O)[C@@H]3CC(O)CN3CC(=O)[C@H](CC(N)=O)CC(=O)[C@H](CSc3[nH]c4cc(OCc5ccc(NC(=O)[C@H](C)CC(=O)[C@@H](NC(=O)CCN6C(=O)CC(C)C6=O)C(C)C)cc5)ccc4c3C2)NC(=O)CNC1=O. The van der Waals surface area contributed by atoms with Gasteiger partial charge in [-0.3, -0.25) is 76.9 Å². The highest BCUT2D eigenvalue weighted by molar-refractivity contribution is 7.99. The van der Waals surface area contributed by atoms with Crippen molar-refractivity contribution in [2.75, 3.05) is 50.4 Å². The first-order valence-corrected chi connectivity index (χ1v) is 33.4. The molecule has 2 bridgehead atoms. The highest BCUT2D eigenvalue weighted by atomic mass is 32.2. The van der Waals surface area contributed by atoms with Gasteiger partial charge in [0.15, 0.2) is 23.1 Å². The van der Waals surface area contributed by atoms with E-state index in [1.54, 1.807) is 84.0 Å². The predicted octanol–water partition coefficient (Wildman–Crippen LogP) is -0.379.